The summed E-state index contributed by atoms with van der Waals surface area (Å²) >= 11 is 0. The van der Waals surface area contributed by atoms with Crippen LogP contribution in [0.2, 0.25) is 0 Å². The molecule has 3 heterocycles. The van der Waals surface area contributed by atoms with Gasteiger partial charge in [0.15, 0.2) is 5.69 Å². The molecular weight excluding hydrogens is 322 g/mol. The quantitative estimate of drug-likeness (QED) is 0.816. The fraction of sp³-hybridized carbons (Fsp3) is 0.667. The number of halogens is 2. The van der Waals surface area contributed by atoms with Crippen LogP contribution in [0.3, 0.4) is 0 Å². The van der Waals surface area contributed by atoms with Gasteiger partial charge in [-0.25, -0.2) is 8.78 Å². The maximum atomic E-state index is 12.5. The highest BCUT2D eigenvalue weighted by Crippen LogP contribution is 2.25. The van der Waals surface area contributed by atoms with E-state index in [4.69, 9.17) is 9.90 Å². The van der Waals surface area contributed by atoms with Crippen molar-refractivity contribution in [1.29, 1.82) is 0 Å². The predicted octanol–water partition coefficient (Wildman–Crippen LogP) is 1.75. The van der Waals surface area contributed by atoms with Crippen LogP contribution in [0.1, 0.15) is 48.8 Å². The molecule has 2 aliphatic rings. The Morgan fingerprint density at radius 1 is 1.46 bits per heavy atom. The minimum Gasteiger partial charge on any atom is -0.483 e. The van der Waals surface area contributed by atoms with E-state index >= 15 is 0 Å². The van der Waals surface area contributed by atoms with Crippen LogP contribution in [-0.2, 0) is 4.79 Å². The lowest BCUT2D eigenvalue weighted by Gasteiger charge is -2.49. The number of aromatic nitrogens is 2. The molecule has 2 saturated heterocycles. The maximum Gasteiger partial charge on any atom is 0.290 e. The molecule has 0 aliphatic carbocycles. The average Bonchev–Trinajstić information content (AvgIpc) is 2.98. The number of nitrogens with zero attached hydrogens (tertiary/aromatic N) is 3. The monoisotopic (exact) mass is 344 g/mol. The summed E-state index contributed by atoms with van der Waals surface area (Å²) in [5.41, 5.74) is -0.226. The second-order valence-corrected chi connectivity index (χ2v) is 6.06. The van der Waals surface area contributed by atoms with Gasteiger partial charge in [0, 0.05) is 25.2 Å². The van der Waals surface area contributed by atoms with E-state index in [1.165, 1.54) is 19.3 Å². The normalized spacial score (nSPS) is 21.8. The first-order chi connectivity index (χ1) is 11.5. The van der Waals surface area contributed by atoms with E-state index in [9.17, 15) is 13.6 Å². The van der Waals surface area contributed by atoms with Gasteiger partial charge in [-0.05, 0) is 32.4 Å². The molecule has 2 aliphatic heterocycles. The van der Waals surface area contributed by atoms with Crippen molar-refractivity contribution < 1.29 is 23.5 Å². The second kappa shape index (κ2) is 8.18. The van der Waals surface area contributed by atoms with E-state index in [2.05, 4.69) is 22.0 Å². The molecule has 1 amide bonds. The fourth-order valence-corrected chi connectivity index (χ4v) is 3.21. The lowest BCUT2D eigenvalue weighted by molar-refractivity contribution is -0.122. The Balaban J connectivity index is 0.000000647. The minimum absolute atomic E-state index is 0.0791. The summed E-state index contributed by atoms with van der Waals surface area (Å²) in [6, 6.07) is 2.11. The van der Waals surface area contributed by atoms with Crippen LogP contribution in [0.5, 0.6) is 0 Å². The molecule has 0 aromatic carbocycles. The molecule has 9 heteroatoms. The third-order valence-electron chi connectivity index (χ3n) is 4.52. The van der Waals surface area contributed by atoms with Gasteiger partial charge in [0.25, 0.3) is 18.8 Å². The number of alkyl halides is 2. The highest BCUT2D eigenvalue weighted by atomic mass is 19.3. The van der Waals surface area contributed by atoms with Gasteiger partial charge in [-0.1, -0.05) is 6.42 Å². The Morgan fingerprint density at radius 3 is 2.67 bits per heavy atom. The number of hydrogen-bond donors (Lipinski definition) is 2. The summed E-state index contributed by atoms with van der Waals surface area (Å²) in [6.07, 6.45) is 1.07. The Bertz CT molecular complexity index is 561. The smallest absolute Gasteiger partial charge is 0.290 e. The molecule has 1 atom stereocenters. The molecule has 0 radical (unpaired) electrons. The SMILES string of the molecule is CC1CCCCN1C1CN(C(=O)c2cc(C(F)F)[nH]n2)C1.O=CO. The summed E-state index contributed by atoms with van der Waals surface area (Å²) in [5.74, 6) is -0.265. The minimum atomic E-state index is -2.63. The predicted molar refractivity (Wildman–Crippen MR) is 81.9 cm³/mol. The zero-order valence-electron chi connectivity index (χ0n) is 13.5. The molecule has 0 spiro atoms. The molecular formula is C15H22F2N4O3. The molecule has 0 bridgehead atoms. The number of carbonyl (C=O) groups is 2. The third kappa shape index (κ3) is 4.08. The molecule has 2 fully saturated rings. The molecule has 0 saturated carbocycles. The zero-order valence-corrected chi connectivity index (χ0v) is 13.5. The van der Waals surface area contributed by atoms with Crippen molar-refractivity contribution in [1.82, 2.24) is 20.0 Å². The molecule has 3 rings (SSSR count). The van der Waals surface area contributed by atoms with Crippen LogP contribution >= 0.6 is 0 Å². The van der Waals surface area contributed by atoms with Crippen LogP contribution < -0.4 is 0 Å². The van der Waals surface area contributed by atoms with Crippen LogP contribution in [0.4, 0.5) is 8.78 Å². The number of carboxylic acid groups (broad SMARTS) is 1. The zero-order chi connectivity index (χ0) is 17.7. The lowest BCUT2D eigenvalue weighted by atomic mass is 9.97. The lowest BCUT2D eigenvalue weighted by Crippen LogP contribution is -2.63. The molecule has 24 heavy (non-hydrogen) atoms. The van der Waals surface area contributed by atoms with Crippen molar-refractivity contribution >= 4 is 12.4 Å². The van der Waals surface area contributed by atoms with Crippen molar-refractivity contribution in [2.75, 3.05) is 19.6 Å². The number of rotatable bonds is 3. The summed E-state index contributed by atoms with van der Waals surface area (Å²) < 4.78 is 25.0. The number of likely N-dealkylation sites (tertiary alicyclic amines) is 2. The van der Waals surface area contributed by atoms with Crippen molar-refractivity contribution in [2.24, 2.45) is 0 Å². The van der Waals surface area contributed by atoms with Gasteiger partial charge in [-0.15, -0.1) is 0 Å². The summed E-state index contributed by atoms with van der Waals surface area (Å²) in [4.78, 5) is 24.7. The third-order valence-corrected chi connectivity index (χ3v) is 4.52. The van der Waals surface area contributed by atoms with Gasteiger partial charge in [0.1, 0.15) is 5.69 Å². The van der Waals surface area contributed by atoms with Crippen molar-refractivity contribution in [3.05, 3.63) is 17.5 Å². The van der Waals surface area contributed by atoms with Crippen molar-refractivity contribution in [3.63, 3.8) is 0 Å². The molecule has 2 N–H and O–H groups in total. The van der Waals surface area contributed by atoms with E-state index < -0.39 is 6.43 Å². The Kier molecular flexibility index (Phi) is 6.24. The van der Waals surface area contributed by atoms with E-state index in [0.717, 1.165) is 12.6 Å². The van der Waals surface area contributed by atoms with E-state index in [-0.39, 0.29) is 23.8 Å². The average molecular weight is 344 g/mol. The van der Waals surface area contributed by atoms with Crippen LogP contribution in [0.25, 0.3) is 0 Å². The molecule has 1 aromatic rings. The summed E-state index contributed by atoms with van der Waals surface area (Å²) in [7, 11) is 0. The van der Waals surface area contributed by atoms with E-state index in [0.29, 0.717) is 25.2 Å². The van der Waals surface area contributed by atoms with Crippen LogP contribution in [0, 0.1) is 0 Å². The number of amides is 1. The number of aromatic amines is 1. The van der Waals surface area contributed by atoms with Crippen LogP contribution in [-0.4, -0.2) is 69.2 Å². The maximum absolute atomic E-state index is 12.5. The second-order valence-electron chi connectivity index (χ2n) is 6.06. The highest BCUT2D eigenvalue weighted by molar-refractivity contribution is 5.93. The first-order valence-electron chi connectivity index (χ1n) is 7.94. The number of hydrogen-bond acceptors (Lipinski definition) is 4. The van der Waals surface area contributed by atoms with Crippen molar-refractivity contribution in [2.45, 2.75) is 44.7 Å². The Morgan fingerprint density at radius 2 is 2.12 bits per heavy atom. The first-order valence-corrected chi connectivity index (χ1v) is 7.94. The molecule has 134 valence electrons. The van der Waals surface area contributed by atoms with Gasteiger partial charge < -0.3 is 10.0 Å². The van der Waals surface area contributed by atoms with E-state index in [1.54, 1.807) is 4.90 Å². The molecule has 7 nitrogen and oxygen atoms in total. The number of piperidine rings is 1. The topological polar surface area (TPSA) is 89.5 Å². The van der Waals surface area contributed by atoms with Crippen LogP contribution in [0.15, 0.2) is 6.07 Å². The largest absolute Gasteiger partial charge is 0.483 e. The van der Waals surface area contributed by atoms with Gasteiger partial charge in [0.05, 0.1) is 0 Å². The summed E-state index contributed by atoms with van der Waals surface area (Å²) in [6.45, 7) is 4.40. The summed E-state index contributed by atoms with van der Waals surface area (Å²) in [5, 5.41) is 12.8. The Hall–Kier alpha value is -2.03. The van der Waals surface area contributed by atoms with E-state index in [1.807, 2.05) is 0 Å². The fourth-order valence-electron chi connectivity index (χ4n) is 3.21. The molecule has 1 aromatic heterocycles. The van der Waals surface area contributed by atoms with Gasteiger partial charge >= 0.3 is 0 Å². The highest BCUT2D eigenvalue weighted by Gasteiger charge is 2.38. The molecule has 1 unspecified atom stereocenters. The Labute approximate surface area is 138 Å². The van der Waals surface area contributed by atoms with Crippen molar-refractivity contribution in [3.8, 4) is 0 Å². The standard InChI is InChI=1S/C14H20F2N4O.CH2O2/c1-9-4-2-3-5-20(9)10-7-19(8-10)14(21)12-6-11(13(15)16)17-18-12;2-1-3/h6,9-10,13H,2-5,7-8H2,1H3,(H,17,18);1H,(H,2,3). The number of nitrogens with one attached hydrogen (secondary N) is 1. The van der Waals surface area contributed by atoms with Gasteiger partial charge in [0.2, 0.25) is 0 Å². The van der Waals surface area contributed by atoms with Gasteiger partial charge in [-0.2, -0.15) is 5.10 Å². The number of carbonyl (C=O) groups excluding carboxylic acids is 1. The van der Waals surface area contributed by atoms with Gasteiger partial charge in [-0.3, -0.25) is 19.6 Å². The first kappa shape index (κ1) is 18.3. The number of H-pyrrole nitrogens is 1.